The summed E-state index contributed by atoms with van der Waals surface area (Å²) in [7, 11) is 0. The summed E-state index contributed by atoms with van der Waals surface area (Å²) in [5.74, 6) is 0. The maximum atomic E-state index is 5.55. The molecule has 0 radical (unpaired) electrons. The number of benzene rings is 1. The van der Waals surface area contributed by atoms with Gasteiger partial charge >= 0.3 is 0 Å². The number of aromatic nitrogens is 1. The molecule has 2 nitrogen and oxygen atoms in total. The number of hydrogen-bond acceptors (Lipinski definition) is 3. The van der Waals surface area contributed by atoms with Crippen LogP contribution in [0.2, 0.25) is 0 Å². The average molecular weight is 218 g/mol. The predicted molar refractivity (Wildman–Crippen MR) is 64.0 cm³/mol. The quantitative estimate of drug-likeness (QED) is 0.859. The molecule has 0 fully saturated rings. The maximum Gasteiger partial charge on any atom is 0.0971 e. The Morgan fingerprint density at radius 2 is 2.27 bits per heavy atom. The largest absolute Gasteiger partial charge is 0.326 e. The first-order chi connectivity index (χ1) is 7.28. The summed E-state index contributed by atoms with van der Waals surface area (Å²) in [5, 5.41) is 1.14. The van der Waals surface area contributed by atoms with Gasteiger partial charge in [-0.3, -0.25) is 0 Å². The van der Waals surface area contributed by atoms with E-state index in [0.717, 1.165) is 16.3 Å². The molecule has 0 atom stereocenters. The van der Waals surface area contributed by atoms with Crippen molar-refractivity contribution in [3.8, 4) is 0 Å². The first-order valence-corrected chi connectivity index (χ1v) is 5.79. The van der Waals surface area contributed by atoms with E-state index in [9.17, 15) is 0 Å². The van der Waals surface area contributed by atoms with E-state index in [1.807, 2.05) is 6.20 Å². The topological polar surface area (TPSA) is 38.9 Å². The van der Waals surface area contributed by atoms with E-state index in [0.29, 0.717) is 6.54 Å². The zero-order valence-electron chi connectivity index (χ0n) is 8.73. The van der Waals surface area contributed by atoms with E-state index in [1.165, 1.54) is 11.1 Å². The SMILES string of the molecule is Cc1cccc(Cc2ncc(CN)s2)c1. The van der Waals surface area contributed by atoms with Crippen molar-refractivity contribution in [2.45, 2.75) is 19.9 Å². The van der Waals surface area contributed by atoms with E-state index in [2.05, 4.69) is 36.2 Å². The summed E-state index contributed by atoms with van der Waals surface area (Å²) in [5.41, 5.74) is 8.16. The summed E-state index contributed by atoms with van der Waals surface area (Å²) in [6, 6.07) is 8.53. The second-order valence-electron chi connectivity index (χ2n) is 3.59. The van der Waals surface area contributed by atoms with Crippen LogP contribution in [-0.4, -0.2) is 4.98 Å². The minimum Gasteiger partial charge on any atom is -0.326 e. The summed E-state index contributed by atoms with van der Waals surface area (Å²) in [6.45, 7) is 2.70. The molecular formula is C12H14N2S. The van der Waals surface area contributed by atoms with Gasteiger partial charge in [0.2, 0.25) is 0 Å². The summed E-state index contributed by atoms with van der Waals surface area (Å²) in [6.07, 6.45) is 2.78. The van der Waals surface area contributed by atoms with Crippen LogP contribution in [0.3, 0.4) is 0 Å². The first-order valence-electron chi connectivity index (χ1n) is 4.97. The standard InChI is InChI=1S/C12H14N2S/c1-9-3-2-4-10(5-9)6-12-14-8-11(7-13)15-12/h2-5,8H,6-7,13H2,1H3. The fourth-order valence-corrected chi connectivity index (χ4v) is 2.36. The van der Waals surface area contributed by atoms with Crippen LogP contribution in [0.1, 0.15) is 21.0 Å². The monoisotopic (exact) mass is 218 g/mol. The summed E-state index contributed by atoms with van der Waals surface area (Å²) >= 11 is 1.70. The van der Waals surface area contributed by atoms with Gasteiger partial charge in [0.1, 0.15) is 0 Å². The second kappa shape index (κ2) is 4.55. The molecular weight excluding hydrogens is 204 g/mol. The van der Waals surface area contributed by atoms with Crippen molar-refractivity contribution in [3.63, 3.8) is 0 Å². The Morgan fingerprint density at radius 3 is 2.93 bits per heavy atom. The highest BCUT2D eigenvalue weighted by molar-refractivity contribution is 7.11. The minimum atomic E-state index is 0.589. The smallest absolute Gasteiger partial charge is 0.0971 e. The Balaban J connectivity index is 2.14. The van der Waals surface area contributed by atoms with Gasteiger partial charge in [-0.25, -0.2) is 4.98 Å². The summed E-state index contributed by atoms with van der Waals surface area (Å²) in [4.78, 5) is 5.50. The van der Waals surface area contributed by atoms with Gasteiger partial charge < -0.3 is 5.73 Å². The van der Waals surface area contributed by atoms with Crippen molar-refractivity contribution in [1.82, 2.24) is 4.98 Å². The number of thiazole rings is 1. The van der Waals surface area contributed by atoms with Crippen molar-refractivity contribution < 1.29 is 0 Å². The highest BCUT2D eigenvalue weighted by Gasteiger charge is 2.02. The normalized spacial score (nSPS) is 10.5. The third-order valence-corrected chi connectivity index (χ3v) is 3.26. The lowest BCUT2D eigenvalue weighted by atomic mass is 10.1. The van der Waals surface area contributed by atoms with Crippen molar-refractivity contribution in [1.29, 1.82) is 0 Å². The van der Waals surface area contributed by atoms with E-state index >= 15 is 0 Å². The lowest BCUT2D eigenvalue weighted by Crippen LogP contribution is -1.91. The minimum absolute atomic E-state index is 0.589. The van der Waals surface area contributed by atoms with E-state index < -0.39 is 0 Å². The van der Waals surface area contributed by atoms with Crippen LogP contribution in [-0.2, 0) is 13.0 Å². The molecule has 2 N–H and O–H groups in total. The number of nitrogens with two attached hydrogens (primary N) is 1. The fraction of sp³-hybridized carbons (Fsp3) is 0.250. The average Bonchev–Trinajstić information content (AvgIpc) is 2.65. The lowest BCUT2D eigenvalue weighted by Gasteiger charge is -1.98. The van der Waals surface area contributed by atoms with Crippen LogP contribution in [0.4, 0.5) is 0 Å². The fourth-order valence-electron chi connectivity index (χ4n) is 1.52. The molecule has 0 saturated carbocycles. The van der Waals surface area contributed by atoms with Crippen LogP contribution in [0.25, 0.3) is 0 Å². The van der Waals surface area contributed by atoms with Gasteiger partial charge in [0.05, 0.1) is 5.01 Å². The van der Waals surface area contributed by atoms with E-state index in [-0.39, 0.29) is 0 Å². The van der Waals surface area contributed by atoms with Gasteiger partial charge in [0.15, 0.2) is 0 Å². The molecule has 2 aromatic rings. The highest BCUT2D eigenvalue weighted by Crippen LogP contribution is 2.16. The van der Waals surface area contributed by atoms with Gasteiger partial charge in [-0.05, 0) is 12.5 Å². The van der Waals surface area contributed by atoms with E-state index in [1.54, 1.807) is 11.3 Å². The second-order valence-corrected chi connectivity index (χ2v) is 4.79. The molecule has 0 amide bonds. The van der Waals surface area contributed by atoms with Gasteiger partial charge in [0.25, 0.3) is 0 Å². The van der Waals surface area contributed by atoms with Crippen molar-refractivity contribution in [2.75, 3.05) is 0 Å². The molecule has 0 bridgehead atoms. The van der Waals surface area contributed by atoms with Crippen molar-refractivity contribution in [2.24, 2.45) is 5.73 Å². The van der Waals surface area contributed by atoms with Crippen LogP contribution in [0.5, 0.6) is 0 Å². The van der Waals surface area contributed by atoms with E-state index in [4.69, 9.17) is 5.73 Å². The molecule has 78 valence electrons. The van der Waals surface area contributed by atoms with Crippen LogP contribution < -0.4 is 5.73 Å². The number of hydrogen-bond donors (Lipinski definition) is 1. The third-order valence-electron chi connectivity index (χ3n) is 2.24. The Hall–Kier alpha value is -1.19. The van der Waals surface area contributed by atoms with Crippen LogP contribution in [0.15, 0.2) is 30.5 Å². The molecule has 0 aliphatic rings. The van der Waals surface area contributed by atoms with Crippen LogP contribution in [0, 0.1) is 6.92 Å². The zero-order chi connectivity index (χ0) is 10.7. The zero-order valence-corrected chi connectivity index (χ0v) is 9.55. The lowest BCUT2D eigenvalue weighted by molar-refractivity contribution is 1.08. The van der Waals surface area contributed by atoms with Crippen molar-refractivity contribution >= 4 is 11.3 Å². The number of nitrogens with zero attached hydrogens (tertiary/aromatic N) is 1. The molecule has 0 unspecified atom stereocenters. The Kier molecular flexibility index (Phi) is 3.14. The Bertz CT molecular complexity index is 448. The number of rotatable bonds is 3. The van der Waals surface area contributed by atoms with Gasteiger partial charge in [0, 0.05) is 24.0 Å². The summed E-state index contributed by atoms with van der Waals surface area (Å²) < 4.78 is 0. The molecule has 1 heterocycles. The molecule has 3 heteroatoms. The molecule has 2 rings (SSSR count). The molecule has 0 aliphatic heterocycles. The van der Waals surface area contributed by atoms with Gasteiger partial charge in [-0.15, -0.1) is 11.3 Å². The van der Waals surface area contributed by atoms with Crippen molar-refractivity contribution in [3.05, 3.63) is 51.5 Å². The predicted octanol–water partition coefficient (Wildman–Crippen LogP) is 2.50. The molecule has 15 heavy (non-hydrogen) atoms. The molecule has 0 aliphatic carbocycles. The Morgan fingerprint density at radius 1 is 1.40 bits per heavy atom. The van der Waals surface area contributed by atoms with Gasteiger partial charge in [-0.2, -0.15) is 0 Å². The molecule has 1 aromatic heterocycles. The molecule has 0 spiro atoms. The van der Waals surface area contributed by atoms with Gasteiger partial charge in [-0.1, -0.05) is 29.8 Å². The third kappa shape index (κ3) is 2.64. The Labute approximate surface area is 93.8 Å². The highest BCUT2D eigenvalue weighted by atomic mass is 32.1. The van der Waals surface area contributed by atoms with Crippen LogP contribution >= 0.6 is 11.3 Å². The number of aryl methyl sites for hydroxylation is 1. The molecule has 0 saturated heterocycles. The first kappa shape index (κ1) is 10.3. The molecule has 1 aromatic carbocycles. The maximum absolute atomic E-state index is 5.55.